The molecule has 1 saturated carbocycles. The summed E-state index contributed by atoms with van der Waals surface area (Å²) in [6, 6.07) is 10.4. The molecule has 1 saturated heterocycles. The van der Waals surface area contributed by atoms with E-state index in [9.17, 15) is 14.4 Å². The Morgan fingerprint density at radius 1 is 0.738 bits per heavy atom. The summed E-state index contributed by atoms with van der Waals surface area (Å²) in [5.74, 6) is -0.931. The number of pyridine rings is 2. The molecule has 4 aromatic heterocycles. The molecule has 0 spiro atoms. The van der Waals surface area contributed by atoms with Gasteiger partial charge in [0.25, 0.3) is 0 Å². The molecule has 0 unspecified atom stereocenters. The molecule has 5 heterocycles. The van der Waals surface area contributed by atoms with Crippen LogP contribution < -0.4 is 16.0 Å². The normalized spacial score (nSPS) is 17.3. The fraction of sp³-hybridized carbons (Fsp3) is 0.413. The summed E-state index contributed by atoms with van der Waals surface area (Å²) in [5, 5.41) is 8.96. The number of fused-ring (bicyclic) bond motifs is 2. The maximum absolute atomic E-state index is 15.4. The zero-order chi connectivity index (χ0) is 43.1. The average Bonchev–Trinajstić information content (AvgIpc) is 3.84. The summed E-state index contributed by atoms with van der Waals surface area (Å²) >= 11 is 0. The highest BCUT2D eigenvalue weighted by Gasteiger charge is 2.35. The van der Waals surface area contributed by atoms with Crippen molar-refractivity contribution in [2.24, 2.45) is 11.8 Å². The monoisotopic (exact) mass is 830 g/mol. The Labute approximate surface area is 353 Å². The third-order valence-corrected chi connectivity index (χ3v) is 12.1. The summed E-state index contributed by atoms with van der Waals surface area (Å²) in [5.41, 5.74) is 6.64. The Balaban J connectivity index is 0.869. The molecule has 61 heavy (non-hydrogen) atoms. The van der Waals surface area contributed by atoms with Gasteiger partial charge in [-0.05, 0) is 130 Å². The highest BCUT2D eigenvalue weighted by atomic mass is 19.1. The van der Waals surface area contributed by atoms with Gasteiger partial charge in [0, 0.05) is 63.0 Å². The molecule has 0 bridgehead atoms. The summed E-state index contributed by atoms with van der Waals surface area (Å²) in [6.07, 6.45) is 10.2. The number of aromatic nitrogens is 6. The Kier molecular flexibility index (Phi) is 11.7. The fourth-order valence-electron chi connectivity index (χ4n) is 8.72. The Hall–Kier alpha value is -6.09. The second kappa shape index (κ2) is 17.1. The molecule has 15 heteroatoms. The smallest absolute Gasteiger partial charge is 0.228 e. The largest absolute Gasteiger partial charge is 0.353 e. The van der Waals surface area contributed by atoms with Gasteiger partial charge in [0.1, 0.15) is 22.7 Å². The number of halogens is 2. The zero-order valence-electron chi connectivity index (χ0n) is 35.4. The summed E-state index contributed by atoms with van der Waals surface area (Å²) in [6.45, 7) is 13.3. The van der Waals surface area contributed by atoms with Crippen molar-refractivity contribution in [3.05, 3.63) is 84.2 Å². The van der Waals surface area contributed by atoms with Crippen LogP contribution in [0.5, 0.6) is 0 Å². The number of likely N-dealkylation sites (tertiary alicyclic amines) is 1. The van der Waals surface area contributed by atoms with Crippen molar-refractivity contribution >= 4 is 51.4 Å². The molecule has 2 atom stereocenters. The molecule has 2 aromatic carbocycles. The first kappa shape index (κ1) is 41.6. The average molecular weight is 831 g/mol. The van der Waals surface area contributed by atoms with E-state index in [0.29, 0.717) is 83.7 Å². The van der Waals surface area contributed by atoms with Crippen molar-refractivity contribution in [1.82, 2.24) is 39.3 Å². The maximum atomic E-state index is 15.4. The van der Waals surface area contributed by atoms with E-state index in [-0.39, 0.29) is 47.7 Å². The number of imidazole rings is 2. The molecule has 318 valence electrons. The lowest BCUT2D eigenvalue weighted by Crippen LogP contribution is -2.55. The quantitative estimate of drug-likeness (QED) is 0.112. The summed E-state index contributed by atoms with van der Waals surface area (Å²) in [4.78, 5) is 58.6. The van der Waals surface area contributed by atoms with Crippen molar-refractivity contribution in [2.45, 2.75) is 91.8 Å². The van der Waals surface area contributed by atoms with Crippen molar-refractivity contribution < 1.29 is 23.2 Å². The molecular formula is C46H52F2N10O3. The molecule has 8 rings (SSSR count). The van der Waals surface area contributed by atoms with Crippen LogP contribution >= 0.6 is 0 Å². The van der Waals surface area contributed by atoms with Gasteiger partial charge in [-0.3, -0.25) is 14.4 Å². The lowest BCUT2D eigenvalue weighted by molar-refractivity contribution is -0.132. The third kappa shape index (κ3) is 8.74. The van der Waals surface area contributed by atoms with Crippen LogP contribution in [0.25, 0.3) is 44.3 Å². The van der Waals surface area contributed by atoms with Crippen LogP contribution in [0.1, 0.15) is 83.5 Å². The van der Waals surface area contributed by atoms with Crippen LogP contribution in [0.3, 0.4) is 0 Å². The Morgan fingerprint density at radius 2 is 1.33 bits per heavy atom. The topological polar surface area (TPSA) is 152 Å². The number of hydrogen-bond acceptors (Lipinski definition) is 8. The van der Waals surface area contributed by atoms with E-state index in [1.807, 2.05) is 55.9 Å². The van der Waals surface area contributed by atoms with Gasteiger partial charge in [-0.2, -0.15) is 0 Å². The number of amides is 3. The molecule has 1 aliphatic heterocycles. The van der Waals surface area contributed by atoms with E-state index < -0.39 is 11.6 Å². The van der Waals surface area contributed by atoms with Crippen molar-refractivity contribution in [2.75, 3.05) is 30.3 Å². The van der Waals surface area contributed by atoms with Gasteiger partial charge >= 0.3 is 0 Å². The van der Waals surface area contributed by atoms with Gasteiger partial charge in [-0.25, -0.2) is 28.7 Å². The van der Waals surface area contributed by atoms with Crippen molar-refractivity contribution in [1.29, 1.82) is 0 Å². The highest BCUT2D eigenvalue weighted by molar-refractivity contribution is 5.93. The van der Waals surface area contributed by atoms with Gasteiger partial charge in [-0.15, -0.1) is 0 Å². The molecule has 0 radical (unpaired) electrons. The molecule has 1 aliphatic carbocycles. The predicted octanol–water partition coefficient (Wildman–Crippen LogP) is 8.00. The first-order valence-corrected chi connectivity index (χ1v) is 21.1. The number of nitrogens with zero attached hydrogens (tertiary/aromatic N) is 7. The second-order valence-electron chi connectivity index (χ2n) is 17.2. The molecule has 6 aromatic rings. The Morgan fingerprint density at radius 3 is 1.95 bits per heavy atom. The number of anilines is 2. The number of carbonyl (C=O) groups excluding carboxylic acids is 3. The van der Waals surface area contributed by atoms with E-state index in [1.165, 1.54) is 19.1 Å². The second-order valence-corrected chi connectivity index (χ2v) is 17.2. The van der Waals surface area contributed by atoms with Crippen LogP contribution in [0, 0.1) is 30.4 Å². The van der Waals surface area contributed by atoms with E-state index in [0.717, 1.165) is 35.1 Å². The highest BCUT2D eigenvalue weighted by Crippen LogP contribution is 2.34. The van der Waals surface area contributed by atoms with Crippen LogP contribution in [0.4, 0.5) is 20.4 Å². The van der Waals surface area contributed by atoms with Gasteiger partial charge in [0.15, 0.2) is 11.6 Å². The van der Waals surface area contributed by atoms with Crippen molar-refractivity contribution in [3.8, 4) is 22.3 Å². The first-order valence-electron chi connectivity index (χ1n) is 21.1. The minimum Gasteiger partial charge on any atom is -0.353 e. The zero-order valence-corrected chi connectivity index (χ0v) is 35.4. The van der Waals surface area contributed by atoms with E-state index >= 15 is 8.78 Å². The number of carbonyl (C=O) groups is 3. The molecular weight excluding hydrogens is 779 g/mol. The summed E-state index contributed by atoms with van der Waals surface area (Å²) < 4.78 is 34.4. The van der Waals surface area contributed by atoms with Crippen molar-refractivity contribution in [3.63, 3.8) is 0 Å². The molecule has 2 fully saturated rings. The number of hydrogen-bond donors (Lipinski definition) is 3. The Bertz CT molecular complexity index is 2650. The van der Waals surface area contributed by atoms with Gasteiger partial charge in [0.05, 0.1) is 29.6 Å². The maximum Gasteiger partial charge on any atom is 0.228 e. The predicted molar refractivity (Wildman–Crippen MR) is 232 cm³/mol. The minimum atomic E-state index is -0.422. The molecule has 2 aliphatic rings. The SMILES string of the molecule is CC(=O)Nc1cc(-c2cc(F)c3ncn(C(C)C)c3c2)c(CCN2CC(C(=O)N[C@@H]3CCC[C@H](C(=O)Nc4cc(-c5cc(F)c6ncn(C(C)C)c6c5)c(C)cn4)C3)C2)cn1. The van der Waals surface area contributed by atoms with E-state index in [1.54, 1.807) is 37.2 Å². The number of nitrogens with one attached hydrogen (secondary N) is 3. The lowest BCUT2D eigenvalue weighted by Gasteiger charge is -2.39. The molecule has 3 amide bonds. The number of rotatable bonds is 12. The van der Waals surface area contributed by atoms with Gasteiger partial charge < -0.3 is 30.0 Å². The van der Waals surface area contributed by atoms with Crippen LogP contribution in [0.2, 0.25) is 0 Å². The van der Waals surface area contributed by atoms with Gasteiger partial charge in [-0.1, -0.05) is 6.42 Å². The molecule has 3 N–H and O–H groups in total. The van der Waals surface area contributed by atoms with Crippen LogP contribution in [-0.4, -0.2) is 77.4 Å². The van der Waals surface area contributed by atoms with Crippen LogP contribution in [0.15, 0.2) is 61.4 Å². The van der Waals surface area contributed by atoms with E-state index in [4.69, 9.17) is 0 Å². The van der Waals surface area contributed by atoms with E-state index in [2.05, 4.69) is 40.8 Å². The lowest BCUT2D eigenvalue weighted by atomic mass is 9.84. The summed E-state index contributed by atoms with van der Waals surface area (Å²) in [7, 11) is 0. The third-order valence-electron chi connectivity index (χ3n) is 12.1. The fourth-order valence-corrected chi connectivity index (χ4v) is 8.72. The number of benzene rings is 2. The van der Waals surface area contributed by atoms with Crippen LogP contribution in [-0.2, 0) is 20.8 Å². The minimum absolute atomic E-state index is 0.0114. The number of aryl methyl sites for hydroxylation is 1. The van der Waals surface area contributed by atoms with Gasteiger partial charge in [0.2, 0.25) is 17.7 Å². The standard InChI is InChI=1S/C46H52F2N10O3/c1-25(2)57-23-51-43-37(47)13-31(15-39(43)57)35-17-42(49-19-27(35)5)55-45(60)29-8-7-9-34(12-29)54-46(61)33-21-56(22-33)11-10-30-20-50-41(53-28(6)59)18-36(30)32-14-38(48)44-40(16-32)58(24-52-44)26(3)4/h13-20,23-26,29,33-34H,7-12,21-22H2,1-6H3,(H,54,61)(H,49,55,60)(H,50,53,59)/t29-,34+/m0/s1. The first-order chi connectivity index (χ1) is 29.2. The molecule has 13 nitrogen and oxygen atoms in total.